The van der Waals surface area contributed by atoms with Crippen LogP contribution in [-0.2, 0) is 11.8 Å². The van der Waals surface area contributed by atoms with Crippen LogP contribution in [0.3, 0.4) is 0 Å². The summed E-state index contributed by atoms with van der Waals surface area (Å²) in [4.78, 5) is 37.9. The van der Waals surface area contributed by atoms with Crippen molar-refractivity contribution in [1.29, 1.82) is 0 Å². The van der Waals surface area contributed by atoms with Crippen LogP contribution in [0.5, 0.6) is 5.75 Å². The number of aromatic nitrogens is 3. The third kappa shape index (κ3) is 6.94. The molecule has 3 amide bonds. The molecule has 0 atom stereocenters. The summed E-state index contributed by atoms with van der Waals surface area (Å²) in [5, 5.41) is 41.6. The number of hydrogen-bond donors (Lipinski definition) is 3. The van der Waals surface area contributed by atoms with Gasteiger partial charge < -0.3 is 40.8 Å². The number of rotatable bonds is 11. The first kappa shape index (κ1) is 32.4. The van der Waals surface area contributed by atoms with Crippen molar-refractivity contribution < 1.29 is 19.1 Å². The molecule has 1 aromatic heterocycles. The maximum atomic E-state index is 13.1. The van der Waals surface area contributed by atoms with Crippen LogP contribution in [-0.4, -0.2) is 66.5 Å². The topological polar surface area (TPSA) is 177 Å². The lowest BCUT2D eigenvalue weighted by Crippen LogP contribution is -2.32. The Morgan fingerprint density at radius 1 is 1.04 bits per heavy atom. The Hall–Kier alpha value is -5.02. The van der Waals surface area contributed by atoms with Gasteiger partial charge in [-0.2, -0.15) is 0 Å². The predicted molar refractivity (Wildman–Crippen MR) is 176 cm³/mol. The van der Waals surface area contributed by atoms with Crippen LogP contribution < -0.4 is 30.4 Å². The van der Waals surface area contributed by atoms with Gasteiger partial charge in [0.15, 0.2) is 11.4 Å². The number of hydroxylamine groups is 2. The molecule has 3 aromatic carbocycles. The van der Waals surface area contributed by atoms with Gasteiger partial charge >= 0.3 is 0 Å². The standard InChI is InChI=1S/C31H32ClN8O6/c1-38-29(28(36-37-38)21-7-4-5-8-26(21)46-3)31(43)34-15-14-33-23-18-24(25(17-22(23)32)40(2,44)45)35-30(42)19-10-12-20(13-11-19)39-16-6-9-27(39)41/h4-5,7-8,10-13,17-18,33H,6,9,14-16H2,1-3H3,(H,34,43)(H,35,42)/q-1. The molecule has 2 heterocycles. The van der Waals surface area contributed by atoms with Gasteiger partial charge in [-0.1, -0.05) is 28.9 Å². The van der Waals surface area contributed by atoms with E-state index in [1.54, 1.807) is 54.4 Å². The number of carbonyl (C=O) groups excluding carboxylic acids is 3. The zero-order valence-electron chi connectivity index (χ0n) is 25.4. The number of nitrogens with one attached hydrogen (secondary N) is 3. The van der Waals surface area contributed by atoms with E-state index in [0.29, 0.717) is 41.3 Å². The van der Waals surface area contributed by atoms with Gasteiger partial charge in [0, 0.05) is 56.0 Å². The molecular weight excluding hydrogens is 616 g/mol. The number of para-hydroxylation sites is 1. The largest absolute Gasteiger partial charge is 0.626 e. The minimum atomic E-state index is -2.09. The van der Waals surface area contributed by atoms with Crippen molar-refractivity contribution >= 4 is 52.1 Å². The van der Waals surface area contributed by atoms with Crippen LogP contribution in [0, 0.1) is 10.4 Å². The van der Waals surface area contributed by atoms with Crippen LogP contribution in [0.4, 0.5) is 22.7 Å². The Morgan fingerprint density at radius 2 is 1.78 bits per heavy atom. The number of ether oxygens (including phenoxy) is 1. The average Bonchev–Trinajstić information content (AvgIpc) is 3.64. The summed E-state index contributed by atoms with van der Waals surface area (Å²) in [6.07, 6.45) is 1.26. The maximum absolute atomic E-state index is 13.1. The molecule has 14 nitrogen and oxygen atoms in total. The monoisotopic (exact) mass is 647 g/mol. The molecular formula is C31H32ClN8O6-. The van der Waals surface area contributed by atoms with Gasteiger partial charge in [0.05, 0.1) is 24.9 Å². The molecule has 3 N–H and O–H groups in total. The first-order valence-corrected chi connectivity index (χ1v) is 14.7. The van der Waals surface area contributed by atoms with E-state index in [9.17, 15) is 24.8 Å². The molecule has 15 heteroatoms. The third-order valence-corrected chi connectivity index (χ3v) is 7.73. The lowest BCUT2D eigenvalue weighted by atomic mass is 10.1. The van der Waals surface area contributed by atoms with E-state index >= 15 is 0 Å². The van der Waals surface area contributed by atoms with Gasteiger partial charge in [0.2, 0.25) is 5.91 Å². The van der Waals surface area contributed by atoms with E-state index in [4.69, 9.17) is 16.3 Å². The zero-order chi connectivity index (χ0) is 33.0. The molecule has 5 rings (SSSR count). The summed E-state index contributed by atoms with van der Waals surface area (Å²) in [5.41, 5.74) is 2.14. The Morgan fingerprint density at radius 3 is 2.46 bits per heavy atom. The highest BCUT2D eigenvalue weighted by molar-refractivity contribution is 6.33. The Kier molecular flexibility index (Phi) is 9.53. The molecule has 46 heavy (non-hydrogen) atoms. The van der Waals surface area contributed by atoms with Gasteiger partial charge in [0.1, 0.15) is 17.1 Å². The molecule has 0 spiro atoms. The number of carbonyl (C=O) groups is 3. The van der Waals surface area contributed by atoms with E-state index in [0.717, 1.165) is 13.5 Å². The number of benzene rings is 3. The Bertz CT molecular complexity index is 1770. The van der Waals surface area contributed by atoms with Crippen LogP contribution in [0.1, 0.15) is 33.7 Å². The number of quaternary nitrogens is 1. The van der Waals surface area contributed by atoms with Crippen LogP contribution in [0.2, 0.25) is 5.02 Å². The van der Waals surface area contributed by atoms with Crippen molar-refractivity contribution in [3.05, 3.63) is 87.4 Å². The first-order chi connectivity index (χ1) is 22.0. The van der Waals surface area contributed by atoms with E-state index in [1.165, 1.54) is 23.9 Å². The molecule has 1 aliphatic rings. The Balaban J connectivity index is 1.27. The molecule has 0 aliphatic carbocycles. The summed E-state index contributed by atoms with van der Waals surface area (Å²) in [7, 11) is 4.01. The summed E-state index contributed by atoms with van der Waals surface area (Å²) >= 11 is 6.40. The predicted octanol–water partition coefficient (Wildman–Crippen LogP) is 4.30. The Labute approximate surface area is 269 Å². The fraction of sp³-hybridized carbons (Fsp3) is 0.258. The highest BCUT2D eigenvalue weighted by Crippen LogP contribution is 2.37. The van der Waals surface area contributed by atoms with Gasteiger partial charge in [-0.25, -0.2) is 4.68 Å². The van der Waals surface area contributed by atoms with Gasteiger partial charge in [0.25, 0.3) is 11.8 Å². The molecule has 1 fully saturated rings. The van der Waals surface area contributed by atoms with Crippen LogP contribution in [0.25, 0.3) is 11.3 Å². The molecule has 1 saturated heterocycles. The summed E-state index contributed by atoms with van der Waals surface area (Å²) in [6, 6.07) is 16.2. The minimum absolute atomic E-state index is 0.0251. The fourth-order valence-corrected chi connectivity index (χ4v) is 5.36. The summed E-state index contributed by atoms with van der Waals surface area (Å²) < 4.78 is 6.78. The number of nitrogens with zero attached hydrogens (tertiary/aromatic N) is 5. The van der Waals surface area contributed by atoms with Crippen molar-refractivity contribution in [3.8, 4) is 17.0 Å². The molecule has 240 valence electrons. The van der Waals surface area contributed by atoms with Crippen LogP contribution >= 0.6 is 11.6 Å². The lowest BCUT2D eigenvalue weighted by molar-refractivity contribution is -0.117. The first-order valence-electron chi connectivity index (χ1n) is 14.4. The summed E-state index contributed by atoms with van der Waals surface area (Å²) in [6.45, 7) is 0.967. The van der Waals surface area contributed by atoms with E-state index in [1.807, 2.05) is 6.07 Å². The second-order valence-electron chi connectivity index (χ2n) is 10.6. The number of amides is 3. The normalized spacial score (nSPS) is 13.1. The molecule has 0 radical (unpaired) electrons. The molecule has 0 bridgehead atoms. The quantitative estimate of drug-likeness (QED) is 0.122. The minimum Gasteiger partial charge on any atom is -0.626 e. The molecule has 0 saturated carbocycles. The lowest BCUT2D eigenvalue weighted by Gasteiger charge is -2.43. The van der Waals surface area contributed by atoms with E-state index in [2.05, 4.69) is 26.3 Å². The van der Waals surface area contributed by atoms with Gasteiger partial charge in [-0.15, -0.1) is 5.10 Å². The van der Waals surface area contributed by atoms with Crippen molar-refractivity contribution in [2.45, 2.75) is 12.8 Å². The van der Waals surface area contributed by atoms with Gasteiger partial charge in [-0.05, 0) is 48.9 Å². The molecule has 0 unspecified atom stereocenters. The number of hydrogen-bond acceptors (Lipinski definition) is 9. The number of halogens is 1. The highest BCUT2D eigenvalue weighted by Gasteiger charge is 2.24. The second kappa shape index (κ2) is 13.5. The van der Waals surface area contributed by atoms with E-state index in [-0.39, 0.29) is 46.7 Å². The number of anilines is 3. The number of aryl methyl sites for hydroxylation is 1. The fourth-order valence-electron chi connectivity index (χ4n) is 5.13. The average molecular weight is 648 g/mol. The third-order valence-electron chi connectivity index (χ3n) is 7.42. The van der Waals surface area contributed by atoms with Crippen LogP contribution in [0.15, 0.2) is 60.7 Å². The molecule has 4 aromatic rings. The van der Waals surface area contributed by atoms with Crippen molar-refractivity contribution in [2.75, 3.05) is 49.3 Å². The number of methoxy groups -OCH3 is 1. The van der Waals surface area contributed by atoms with Gasteiger partial charge in [-0.3, -0.25) is 14.4 Å². The van der Waals surface area contributed by atoms with Crippen molar-refractivity contribution in [2.24, 2.45) is 7.05 Å². The van der Waals surface area contributed by atoms with Crippen molar-refractivity contribution in [3.63, 3.8) is 0 Å². The molecule has 1 aliphatic heterocycles. The van der Waals surface area contributed by atoms with Crippen molar-refractivity contribution in [1.82, 2.24) is 25.1 Å². The second-order valence-corrected chi connectivity index (χ2v) is 11.0. The zero-order valence-corrected chi connectivity index (χ0v) is 26.1. The highest BCUT2D eigenvalue weighted by atomic mass is 35.5. The maximum Gasteiger partial charge on any atom is 0.271 e. The summed E-state index contributed by atoms with van der Waals surface area (Å²) in [5.74, 6) is -0.418. The SMILES string of the molecule is COc1ccccc1-c1nnn(C)c1C(=O)NCCNc1cc(NC(=O)c2ccc(N3CCCC3=O)cc2)c([N+](C)([O-])[O-])cc1Cl. The van der Waals surface area contributed by atoms with E-state index < -0.39 is 16.6 Å². The smallest absolute Gasteiger partial charge is 0.271 e.